The fourth-order valence-corrected chi connectivity index (χ4v) is 2.24. The molecule has 1 heterocycles. The van der Waals surface area contributed by atoms with Gasteiger partial charge < -0.3 is 0 Å². The van der Waals surface area contributed by atoms with E-state index in [9.17, 15) is 0 Å². The van der Waals surface area contributed by atoms with Gasteiger partial charge in [-0.05, 0) is 18.3 Å². The molecule has 1 atom stereocenters. The summed E-state index contributed by atoms with van der Waals surface area (Å²) in [5.74, 6) is 0. The van der Waals surface area contributed by atoms with Gasteiger partial charge in [-0.1, -0.05) is 47.5 Å². The van der Waals surface area contributed by atoms with Crippen molar-refractivity contribution in [1.29, 1.82) is 0 Å². The molecule has 0 N–H and O–H groups in total. The molecule has 2 heteroatoms. The maximum absolute atomic E-state index is 4.98. The summed E-state index contributed by atoms with van der Waals surface area (Å²) < 4.78 is 0. The van der Waals surface area contributed by atoms with Crippen LogP contribution in [0.1, 0.15) is 53.4 Å². The van der Waals surface area contributed by atoms with Crippen LogP contribution in [0.3, 0.4) is 0 Å². The molecule has 0 amide bonds. The highest BCUT2D eigenvalue weighted by molar-refractivity contribution is 5.03. The Hall–Kier alpha value is -0.0800. The summed E-state index contributed by atoms with van der Waals surface area (Å²) in [5, 5.41) is 0. The summed E-state index contributed by atoms with van der Waals surface area (Å²) in [7, 11) is 0. The third-order valence-electron chi connectivity index (χ3n) is 3.45. The maximum atomic E-state index is 4.98. The summed E-state index contributed by atoms with van der Waals surface area (Å²) >= 11 is 0. The van der Waals surface area contributed by atoms with Gasteiger partial charge in [0.25, 0.3) is 6.29 Å². The Balaban J connectivity index is 2.75. The van der Waals surface area contributed by atoms with E-state index in [2.05, 4.69) is 34.6 Å². The van der Waals surface area contributed by atoms with Gasteiger partial charge in [0.2, 0.25) is 0 Å². The molecule has 2 nitrogen and oxygen atoms in total. The second-order valence-electron chi connectivity index (χ2n) is 5.10. The van der Waals surface area contributed by atoms with Crippen molar-refractivity contribution in [2.45, 2.75) is 53.4 Å². The SMILES string of the molecule is [CH2]CCCC(CC)([C]1OO1)C(C)(C)C. The quantitative estimate of drug-likeness (QED) is 0.494. The Morgan fingerprint density at radius 3 is 2.07 bits per heavy atom. The van der Waals surface area contributed by atoms with Crippen LogP contribution in [0, 0.1) is 24.0 Å². The van der Waals surface area contributed by atoms with Crippen molar-refractivity contribution in [2.24, 2.45) is 10.8 Å². The summed E-state index contributed by atoms with van der Waals surface area (Å²) in [4.78, 5) is 9.97. The van der Waals surface area contributed by atoms with E-state index in [-0.39, 0.29) is 10.8 Å². The van der Waals surface area contributed by atoms with Crippen LogP contribution in [-0.4, -0.2) is 0 Å². The fraction of sp³-hybridized carbons (Fsp3) is 0.833. The highest BCUT2D eigenvalue weighted by Gasteiger charge is 2.56. The molecule has 0 saturated carbocycles. The third kappa shape index (κ3) is 2.12. The smallest absolute Gasteiger partial charge is 0.188 e. The van der Waals surface area contributed by atoms with Gasteiger partial charge >= 0.3 is 0 Å². The number of hydrogen-bond donors (Lipinski definition) is 0. The minimum absolute atomic E-state index is 0.0741. The normalized spacial score (nSPS) is 22.1. The first-order valence-corrected chi connectivity index (χ1v) is 5.49. The Kier molecular flexibility index (Phi) is 3.59. The van der Waals surface area contributed by atoms with Crippen molar-refractivity contribution in [2.75, 3.05) is 0 Å². The second-order valence-corrected chi connectivity index (χ2v) is 5.10. The molecule has 0 spiro atoms. The molecule has 1 fully saturated rings. The van der Waals surface area contributed by atoms with Crippen molar-refractivity contribution >= 4 is 0 Å². The van der Waals surface area contributed by atoms with Gasteiger partial charge in [0, 0.05) is 5.41 Å². The molecule has 1 unspecified atom stereocenters. The van der Waals surface area contributed by atoms with E-state index < -0.39 is 0 Å². The standard InChI is InChI=1S/C12H22O2/c1-6-8-9-12(7-2,10-13-14-10)11(3,4)5/h1,6-9H2,2-5H3. The van der Waals surface area contributed by atoms with E-state index in [0.717, 1.165) is 32.0 Å². The Morgan fingerprint density at radius 1 is 1.21 bits per heavy atom. The molecule has 0 aromatic rings. The van der Waals surface area contributed by atoms with Crippen LogP contribution in [0.25, 0.3) is 0 Å². The molecule has 2 radical (unpaired) electrons. The summed E-state index contributed by atoms with van der Waals surface area (Å²) in [5.41, 5.74) is 0.257. The monoisotopic (exact) mass is 198 g/mol. The molecular weight excluding hydrogens is 176 g/mol. The van der Waals surface area contributed by atoms with Crippen molar-refractivity contribution in [3.8, 4) is 0 Å². The highest BCUT2D eigenvalue weighted by Crippen LogP contribution is 2.57. The van der Waals surface area contributed by atoms with Crippen LogP contribution in [0.15, 0.2) is 0 Å². The predicted octanol–water partition coefficient (Wildman–Crippen LogP) is 3.88. The maximum Gasteiger partial charge on any atom is 0.299 e. The minimum atomic E-state index is 0.0741. The van der Waals surface area contributed by atoms with E-state index in [4.69, 9.17) is 9.78 Å². The van der Waals surface area contributed by atoms with Gasteiger partial charge in [0.15, 0.2) is 0 Å². The summed E-state index contributed by atoms with van der Waals surface area (Å²) in [6.45, 7) is 12.8. The van der Waals surface area contributed by atoms with Gasteiger partial charge in [-0.25, -0.2) is 0 Å². The van der Waals surface area contributed by atoms with Crippen LogP contribution in [0.4, 0.5) is 0 Å². The Morgan fingerprint density at radius 2 is 1.79 bits per heavy atom. The van der Waals surface area contributed by atoms with Gasteiger partial charge in [-0.2, -0.15) is 9.78 Å². The largest absolute Gasteiger partial charge is 0.299 e. The van der Waals surface area contributed by atoms with Crippen LogP contribution in [0.5, 0.6) is 0 Å². The van der Waals surface area contributed by atoms with Crippen LogP contribution < -0.4 is 0 Å². The first-order valence-electron chi connectivity index (χ1n) is 5.49. The zero-order chi connectivity index (χ0) is 10.8. The molecule has 1 aliphatic heterocycles. The van der Waals surface area contributed by atoms with Crippen molar-refractivity contribution in [3.05, 3.63) is 13.2 Å². The van der Waals surface area contributed by atoms with Gasteiger partial charge in [0.1, 0.15) is 0 Å². The molecular formula is C12H22O2. The average molecular weight is 198 g/mol. The zero-order valence-electron chi connectivity index (χ0n) is 9.85. The first-order chi connectivity index (χ1) is 6.48. The Labute approximate surface area is 87.9 Å². The fourth-order valence-electron chi connectivity index (χ4n) is 2.24. The molecule has 0 bridgehead atoms. The number of unbranched alkanes of at least 4 members (excludes halogenated alkanes) is 1. The minimum Gasteiger partial charge on any atom is -0.188 e. The number of rotatable bonds is 5. The lowest BCUT2D eigenvalue weighted by atomic mass is 9.62. The molecule has 0 aromatic carbocycles. The van der Waals surface area contributed by atoms with Crippen LogP contribution in [-0.2, 0) is 9.78 Å². The lowest BCUT2D eigenvalue weighted by molar-refractivity contribution is 0.0730. The molecule has 82 valence electrons. The second kappa shape index (κ2) is 4.19. The van der Waals surface area contributed by atoms with Crippen molar-refractivity contribution < 1.29 is 9.78 Å². The average Bonchev–Trinajstić information content (AvgIpc) is 2.88. The van der Waals surface area contributed by atoms with E-state index in [1.807, 2.05) is 0 Å². The van der Waals surface area contributed by atoms with Gasteiger partial charge in [-0.3, -0.25) is 0 Å². The van der Waals surface area contributed by atoms with Crippen molar-refractivity contribution in [3.63, 3.8) is 0 Å². The molecule has 0 aliphatic carbocycles. The van der Waals surface area contributed by atoms with Crippen molar-refractivity contribution in [1.82, 2.24) is 0 Å². The summed E-state index contributed by atoms with van der Waals surface area (Å²) in [6.07, 6.45) is 5.10. The van der Waals surface area contributed by atoms with Gasteiger partial charge in [-0.15, -0.1) is 0 Å². The van der Waals surface area contributed by atoms with Crippen LogP contribution in [0.2, 0.25) is 0 Å². The third-order valence-corrected chi connectivity index (χ3v) is 3.45. The lowest BCUT2D eigenvalue weighted by Gasteiger charge is -2.41. The molecule has 1 rings (SSSR count). The first kappa shape index (κ1) is 12.0. The predicted molar refractivity (Wildman–Crippen MR) is 56.8 cm³/mol. The molecule has 1 saturated heterocycles. The van der Waals surface area contributed by atoms with Gasteiger partial charge in [0.05, 0.1) is 0 Å². The summed E-state index contributed by atoms with van der Waals surface area (Å²) in [6, 6.07) is 0. The van der Waals surface area contributed by atoms with E-state index >= 15 is 0 Å². The topological polar surface area (TPSA) is 25.1 Å². The number of hydrogen-bond acceptors (Lipinski definition) is 2. The Bertz CT molecular complexity index is 179. The van der Waals surface area contributed by atoms with E-state index in [0.29, 0.717) is 0 Å². The molecule has 0 aromatic heterocycles. The lowest BCUT2D eigenvalue weighted by Crippen LogP contribution is -2.36. The van der Waals surface area contributed by atoms with E-state index in [1.165, 1.54) is 0 Å². The molecule has 1 aliphatic rings. The zero-order valence-corrected chi connectivity index (χ0v) is 9.85. The molecule has 14 heavy (non-hydrogen) atoms. The van der Waals surface area contributed by atoms with E-state index in [1.54, 1.807) is 0 Å². The van der Waals surface area contributed by atoms with Crippen LogP contribution >= 0.6 is 0 Å². The highest BCUT2D eigenvalue weighted by atomic mass is 17.4.